The van der Waals surface area contributed by atoms with E-state index in [1.54, 1.807) is 6.33 Å². The molecule has 1 aliphatic carbocycles. The molecule has 2 rings (SSSR count). The van der Waals surface area contributed by atoms with E-state index < -0.39 is 0 Å². The SMILES string of the molecule is CCN(CC(C)C#N)c1ncnc2c1CCCC2. The van der Waals surface area contributed by atoms with E-state index in [0.29, 0.717) is 0 Å². The first kappa shape index (κ1) is 12.8. The average Bonchev–Trinajstić information content (AvgIpc) is 2.44. The number of hydrogen-bond acceptors (Lipinski definition) is 4. The molecule has 1 atom stereocenters. The van der Waals surface area contributed by atoms with Gasteiger partial charge in [-0.3, -0.25) is 0 Å². The van der Waals surface area contributed by atoms with E-state index in [1.165, 1.54) is 24.1 Å². The molecule has 0 saturated heterocycles. The molecule has 4 nitrogen and oxygen atoms in total. The Balaban J connectivity index is 2.28. The van der Waals surface area contributed by atoms with Crippen molar-refractivity contribution in [1.29, 1.82) is 5.26 Å². The molecule has 1 unspecified atom stereocenters. The first-order chi connectivity index (χ1) is 8.76. The summed E-state index contributed by atoms with van der Waals surface area (Å²) in [5.41, 5.74) is 2.50. The van der Waals surface area contributed by atoms with E-state index in [4.69, 9.17) is 5.26 Å². The molecule has 1 aromatic heterocycles. The Morgan fingerprint density at radius 3 is 2.89 bits per heavy atom. The molecule has 0 N–H and O–H groups in total. The molecule has 0 fully saturated rings. The standard InChI is InChI=1S/C14H20N4/c1-3-18(9-11(2)8-15)14-12-6-4-5-7-13(12)16-10-17-14/h10-11H,3-7,9H2,1-2H3. The van der Waals surface area contributed by atoms with E-state index in [1.807, 2.05) is 6.92 Å². The molecule has 18 heavy (non-hydrogen) atoms. The number of aromatic nitrogens is 2. The normalized spacial score (nSPS) is 15.6. The summed E-state index contributed by atoms with van der Waals surface area (Å²) in [5, 5.41) is 8.96. The maximum atomic E-state index is 8.96. The lowest BCUT2D eigenvalue weighted by Crippen LogP contribution is -2.30. The Hall–Kier alpha value is -1.63. The Kier molecular flexibility index (Phi) is 4.14. The third-order valence-electron chi connectivity index (χ3n) is 3.50. The van der Waals surface area contributed by atoms with E-state index in [-0.39, 0.29) is 5.92 Å². The van der Waals surface area contributed by atoms with E-state index in [2.05, 4.69) is 27.9 Å². The van der Waals surface area contributed by atoms with Gasteiger partial charge in [-0.15, -0.1) is 0 Å². The quantitative estimate of drug-likeness (QED) is 0.815. The van der Waals surface area contributed by atoms with Crippen molar-refractivity contribution >= 4 is 5.82 Å². The van der Waals surface area contributed by atoms with Gasteiger partial charge in [0.25, 0.3) is 0 Å². The van der Waals surface area contributed by atoms with Gasteiger partial charge in [0.2, 0.25) is 0 Å². The maximum absolute atomic E-state index is 8.96. The van der Waals surface area contributed by atoms with Crippen LogP contribution in [0.2, 0.25) is 0 Å². The van der Waals surface area contributed by atoms with Crippen molar-refractivity contribution in [3.8, 4) is 6.07 Å². The molecule has 0 saturated carbocycles. The number of hydrogen-bond donors (Lipinski definition) is 0. The second kappa shape index (κ2) is 5.81. The molecule has 0 amide bonds. The van der Waals surface area contributed by atoms with Crippen molar-refractivity contribution in [3.63, 3.8) is 0 Å². The lowest BCUT2D eigenvalue weighted by atomic mass is 9.96. The zero-order valence-electron chi connectivity index (χ0n) is 11.2. The van der Waals surface area contributed by atoms with E-state index in [0.717, 1.165) is 31.7 Å². The molecule has 1 aliphatic rings. The Morgan fingerprint density at radius 2 is 2.17 bits per heavy atom. The third kappa shape index (κ3) is 2.61. The molecule has 4 heteroatoms. The highest BCUT2D eigenvalue weighted by atomic mass is 15.2. The van der Waals surface area contributed by atoms with Crippen molar-refractivity contribution in [3.05, 3.63) is 17.6 Å². The van der Waals surface area contributed by atoms with Crippen LogP contribution in [0.4, 0.5) is 5.82 Å². The monoisotopic (exact) mass is 244 g/mol. The zero-order chi connectivity index (χ0) is 13.0. The molecule has 0 radical (unpaired) electrons. The average molecular weight is 244 g/mol. The van der Waals surface area contributed by atoms with Gasteiger partial charge in [-0.25, -0.2) is 9.97 Å². The second-order valence-electron chi connectivity index (χ2n) is 4.90. The maximum Gasteiger partial charge on any atom is 0.135 e. The predicted octanol–water partition coefficient (Wildman–Crippen LogP) is 2.34. The van der Waals surface area contributed by atoms with Crippen LogP contribution in [0.3, 0.4) is 0 Å². The van der Waals surface area contributed by atoms with Gasteiger partial charge in [-0.1, -0.05) is 0 Å². The number of nitriles is 1. The van der Waals surface area contributed by atoms with Crippen LogP contribution in [0.15, 0.2) is 6.33 Å². The molecular weight excluding hydrogens is 224 g/mol. The summed E-state index contributed by atoms with van der Waals surface area (Å²) in [7, 11) is 0. The Morgan fingerprint density at radius 1 is 1.39 bits per heavy atom. The van der Waals surface area contributed by atoms with Crippen LogP contribution in [0.1, 0.15) is 37.9 Å². The highest BCUT2D eigenvalue weighted by Crippen LogP contribution is 2.27. The van der Waals surface area contributed by atoms with Gasteiger partial charge in [0, 0.05) is 24.3 Å². The topological polar surface area (TPSA) is 52.8 Å². The van der Waals surface area contributed by atoms with Gasteiger partial charge >= 0.3 is 0 Å². The van der Waals surface area contributed by atoms with Crippen LogP contribution in [-0.2, 0) is 12.8 Å². The molecule has 0 spiro atoms. The van der Waals surface area contributed by atoms with Gasteiger partial charge in [-0.05, 0) is 39.5 Å². The van der Waals surface area contributed by atoms with Crippen molar-refractivity contribution in [2.75, 3.05) is 18.0 Å². The molecule has 1 heterocycles. The summed E-state index contributed by atoms with van der Waals surface area (Å²) in [6.45, 7) is 5.70. The number of rotatable bonds is 4. The van der Waals surface area contributed by atoms with E-state index in [9.17, 15) is 0 Å². The molecule has 1 aromatic rings. The number of aryl methyl sites for hydroxylation is 1. The fourth-order valence-corrected chi connectivity index (χ4v) is 2.51. The minimum Gasteiger partial charge on any atom is -0.355 e. The molecular formula is C14H20N4. The number of nitrogens with zero attached hydrogens (tertiary/aromatic N) is 4. The largest absolute Gasteiger partial charge is 0.355 e. The van der Waals surface area contributed by atoms with Crippen LogP contribution in [0.25, 0.3) is 0 Å². The van der Waals surface area contributed by atoms with Crippen molar-refractivity contribution in [1.82, 2.24) is 9.97 Å². The Labute approximate surface area is 109 Å². The van der Waals surface area contributed by atoms with Crippen molar-refractivity contribution in [2.45, 2.75) is 39.5 Å². The summed E-state index contributed by atoms with van der Waals surface area (Å²) in [6, 6.07) is 2.29. The van der Waals surface area contributed by atoms with Crippen LogP contribution >= 0.6 is 0 Å². The minimum absolute atomic E-state index is 0.0270. The summed E-state index contributed by atoms with van der Waals surface area (Å²) >= 11 is 0. The summed E-state index contributed by atoms with van der Waals surface area (Å²) in [4.78, 5) is 11.1. The third-order valence-corrected chi connectivity index (χ3v) is 3.50. The van der Waals surface area contributed by atoms with E-state index >= 15 is 0 Å². The van der Waals surface area contributed by atoms with Gasteiger partial charge in [-0.2, -0.15) is 5.26 Å². The summed E-state index contributed by atoms with van der Waals surface area (Å²) < 4.78 is 0. The van der Waals surface area contributed by atoms with Crippen molar-refractivity contribution in [2.24, 2.45) is 5.92 Å². The van der Waals surface area contributed by atoms with Crippen LogP contribution < -0.4 is 4.90 Å². The fraction of sp³-hybridized carbons (Fsp3) is 0.643. The smallest absolute Gasteiger partial charge is 0.135 e. The van der Waals surface area contributed by atoms with Crippen LogP contribution in [0.5, 0.6) is 0 Å². The van der Waals surface area contributed by atoms with Gasteiger partial charge < -0.3 is 4.90 Å². The second-order valence-corrected chi connectivity index (χ2v) is 4.90. The lowest BCUT2D eigenvalue weighted by Gasteiger charge is -2.27. The number of fused-ring (bicyclic) bond motifs is 1. The summed E-state index contributed by atoms with van der Waals surface area (Å²) in [6.07, 6.45) is 6.25. The summed E-state index contributed by atoms with van der Waals surface area (Å²) in [5.74, 6) is 1.07. The highest BCUT2D eigenvalue weighted by molar-refractivity contribution is 5.49. The molecule has 96 valence electrons. The van der Waals surface area contributed by atoms with Crippen LogP contribution in [-0.4, -0.2) is 23.1 Å². The first-order valence-electron chi connectivity index (χ1n) is 6.73. The predicted molar refractivity (Wildman–Crippen MR) is 71.3 cm³/mol. The highest BCUT2D eigenvalue weighted by Gasteiger charge is 2.19. The number of anilines is 1. The molecule has 0 aromatic carbocycles. The lowest BCUT2D eigenvalue weighted by molar-refractivity contribution is 0.638. The Bertz CT molecular complexity index is 450. The van der Waals surface area contributed by atoms with Crippen molar-refractivity contribution < 1.29 is 0 Å². The fourth-order valence-electron chi connectivity index (χ4n) is 2.51. The van der Waals surface area contributed by atoms with Gasteiger partial charge in [0.15, 0.2) is 0 Å². The van der Waals surface area contributed by atoms with Gasteiger partial charge in [0.1, 0.15) is 12.1 Å². The zero-order valence-corrected chi connectivity index (χ0v) is 11.2. The minimum atomic E-state index is 0.0270. The molecule has 0 aliphatic heterocycles. The molecule has 0 bridgehead atoms. The van der Waals surface area contributed by atoms with Gasteiger partial charge in [0.05, 0.1) is 12.0 Å². The van der Waals surface area contributed by atoms with Crippen LogP contribution in [0, 0.1) is 17.2 Å². The first-order valence-corrected chi connectivity index (χ1v) is 6.73.